The molecule has 1 amide bonds. The van der Waals surface area contributed by atoms with Crippen LogP contribution in [0.15, 0.2) is 83.7 Å². The number of carbonyl (C=O) groups excluding carboxylic acids is 1. The van der Waals surface area contributed by atoms with Crippen LogP contribution in [0.25, 0.3) is 16.6 Å². The van der Waals surface area contributed by atoms with E-state index in [0.717, 1.165) is 0 Å². The third kappa shape index (κ3) is 5.14. The molecule has 0 N–H and O–H groups in total. The number of likely N-dealkylation sites (N-methyl/N-ethyl adjacent to an activating group) is 1. The van der Waals surface area contributed by atoms with E-state index in [9.17, 15) is 9.59 Å². The van der Waals surface area contributed by atoms with Crippen LogP contribution in [-0.4, -0.2) is 52.4 Å². The van der Waals surface area contributed by atoms with E-state index in [1.807, 2.05) is 74.4 Å². The number of rotatable bonds is 8. The monoisotopic (exact) mass is 488 g/mol. The molecule has 1 heterocycles. The summed E-state index contributed by atoms with van der Waals surface area (Å²) < 4.78 is 1.64. The number of halogens is 1. The Kier molecular flexibility index (Phi) is 7.63. The molecule has 180 valence electrons. The fourth-order valence-corrected chi connectivity index (χ4v) is 4.45. The summed E-state index contributed by atoms with van der Waals surface area (Å²) in [6.07, 6.45) is 0.571. The largest absolute Gasteiger partial charge is 0.327 e. The third-order valence-corrected chi connectivity index (χ3v) is 6.36. The molecule has 4 aromatic rings. The molecule has 1 unspecified atom stereocenters. The van der Waals surface area contributed by atoms with Crippen LogP contribution in [0.2, 0.25) is 5.02 Å². The number of hydrogen-bond acceptors (Lipinski definition) is 4. The molecular formula is C28H29ClN4O2. The molecule has 1 aromatic heterocycles. The van der Waals surface area contributed by atoms with Crippen LogP contribution in [0, 0.1) is 0 Å². The van der Waals surface area contributed by atoms with E-state index in [1.165, 1.54) is 0 Å². The normalized spacial score (nSPS) is 12.1. The van der Waals surface area contributed by atoms with E-state index in [1.54, 1.807) is 39.8 Å². The van der Waals surface area contributed by atoms with Crippen molar-refractivity contribution >= 4 is 28.4 Å². The minimum atomic E-state index is -0.448. The molecule has 3 aromatic carbocycles. The van der Waals surface area contributed by atoms with Gasteiger partial charge in [-0.15, -0.1) is 0 Å². The maximum absolute atomic E-state index is 13.9. The number of carbonyl (C=O) groups is 1. The van der Waals surface area contributed by atoms with Crippen LogP contribution in [0.1, 0.15) is 35.6 Å². The molecular weight excluding hydrogens is 460 g/mol. The van der Waals surface area contributed by atoms with Gasteiger partial charge in [-0.1, -0.05) is 61.0 Å². The van der Waals surface area contributed by atoms with Crippen LogP contribution in [0.3, 0.4) is 0 Å². The van der Waals surface area contributed by atoms with Crippen molar-refractivity contribution in [3.63, 3.8) is 0 Å². The van der Waals surface area contributed by atoms with Gasteiger partial charge in [0.25, 0.3) is 11.5 Å². The van der Waals surface area contributed by atoms with Gasteiger partial charge < -0.3 is 9.80 Å². The standard InChI is InChI=1S/C28H29ClN4O2/c1-4-25(32(19-18-31(2)3)27(34)21-14-8-10-16-23(21)29)26-30-24-17-11-9-15-22(24)28(35)33(26)20-12-6-5-7-13-20/h5-17,25H,4,18-19H2,1-3H3. The fourth-order valence-electron chi connectivity index (χ4n) is 4.24. The zero-order valence-corrected chi connectivity index (χ0v) is 20.9. The van der Waals surface area contributed by atoms with Gasteiger partial charge in [0, 0.05) is 13.1 Å². The minimum absolute atomic E-state index is 0.159. The van der Waals surface area contributed by atoms with Gasteiger partial charge in [0.2, 0.25) is 0 Å². The van der Waals surface area contributed by atoms with Crippen LogP contribution in [0.5, 0.6) is 0 Å². The summed E-state index contributed by atoms with van der Waals surface area (Å²) >= 11 is 6.42. The van der Waals surface area contributed by atoms with Gasteiger partial charge >= 0.3 is 0 Å². The SMILES string of the molecule is CCC(c1nc2ccccc2c(=O)n1-c1ccccc1)N(CCN(C)C)C(=O)c1ccccc1Cl. The van der Waals surface area contributed by atoms with E-state index >= 15 is 0 Å². The predicted octanol–water partition coefficient (Wildman–Crippen LogP) is 5.19. The number of para-hydroxylation sites is 2. The van der Waals surface area contributed by atoms with Gasteiger partial charge in [0.05, 0.1) is 33.2 Å². The van der Waals surface area contributed by atoms with Crippen molar-refractivity contribution in [2.45, 2.75) is 19.4 Å². The third-order valence-electron chi connectivity index (χ3n) is 6.03. The van der Waals surface area contributed by atoms with Crippen molar-refractivity contribution in [2.75, 3.05) is 27.2 Å². The average Bonchev–Trinajstić information content (AvgIpc) is 2.87. The Morgan fingerprint density at radius 2 is 1.60 bits per heavy atom. The number of hydrogen-bond donors (Lipinski definition) is 0. The van der Waals surface area contributed by atoms with Crippen molar-refractivity contribution in [3.8, 4) is 5.69 Å². The first kappa shape index (κ1) is 24.6. The maximum atomic E-state index is 13.9. The molecule has 0 saturated heterocycles. The lowest BCUT2D eigenvalue weighted by atomic mass is 10.1. The zero-order chi connectivity index (χ0) is 24.9. The molecule has 0 aliphatic rings. The molecule has 0 bridgehead atoms. The Bertz CT molecular complexity index is 1380. The molecule has 0 radical (unpaired) electrons. The molecule has 6 nitrogen and oxygen atoms in total. The summed E-state index contributed by atoms with van der Waals surface area (Å²) in [4.78, 5) is 36.4. The van der Waals surface area contributed by atoms with Gasteiger partial charge in [0.15, 0.2) is 0 Å². The van der Waals surface area contributed by atoms with Crippen molar-refractivity contribution in [3.05, 3.63) is 106 Å². The van der Waals surface area contributed by atoms with Crippen molar-refractivity contribution < 1.29 is 4.79 Å². The maximum Gasteiger partial charge on any atom is 0.266 e. The van der Waals surface area contributed by atoms with E-state index in [0.29, 0.717) is 52.5 Å². The number of fused-ring (bicyclic) bond motifs is 1. The van der Waals surface area contributed by atoms with Crippen molar-refractivity contribution in [1.82, 2.24) is 19.4 Å². The van der Waals surface area contributed by atoms with Crippen LogP contribution in [-0.2, 0) is 0 Å². The molecule has 0 fully saturated rings. The van der Waals surface area contributed by atoms with E-state index in [4.69, 9.17) is 16.6 Å². The molecule has 4 rings (SSSR count). The molecule has 35 heavy (non-hydrogen) atoms. The van der Waals surface area contributed by atoms with Crippen LogP contribution in [0.4, 0.5) is 0 Å². The van der Waals surface area contributed by atoms with E-state index < -0.39 is 6.04 Å². The molecule has 0 saturated carbocycles. The van der Waals surface area contributed by atoms with Crippen LogP contribution < -0.4 is 5.56 Å². The summed E-state index contributed by atoms with van der Waals surface area (Å²) in [6.45, 7) is 3.10. The minimum Gasteiger partial charge on any atom is -0.327 e. The number of benzene rings is 3. The van der Waals surface area contributed by atoms with Gasteiger partial charge in [-0.3, -0.25) is 14.2 Å². The molecule has 0 spiro atoms. The first-order chi connectivity index (χ1) is 16.9. The molecule has 7 heteroatoms. The highest BCUT2D eigenvalue weighted by Crippen LogP contribution is 2.29. The topological polar surface area (TPSA) is 58.4 Å². The lowest BCUT2D eigenvalue weighted by Gasteiger charge is -2.33. The average molecular weight is 489 g/mol. The Balaban J connectivity index is 1.94. The fraction of sp³-hybridized carbons (Fsp3) is 0.250. The number of aromatic nitrogens is 2. The lowest BCUT2D eigenvalue weighted by molar-refractivity contribution is 0.0644. The van der Waals surface area contributed by atoms with E-state index in [2.05, 4.69) is 0 Å². The predicted molar refractivity (Wildman–Crippen MR) is 141 cm³/mol. The van der Waals surface area contributed by atoms with Gasteiger partial charge in [-0.2, -0.15) is 0 Å². The van der Waals surface area contributed by atoms with Gasteiger partial charge in [-0.05, 0) is 56.9 Å². The summed E-state index contributed by atoms with van der Waals surface area (Å²) in [6, 6.07) is 23.4. The van der Waals surface area contributed by atoms with Crippen molar-refractivity contribution in [1.29, 1.82) is 0 Å². The lowest BCUT2D eigenvalue weighted by Crippen LogP contribution is -2.42. The quantitative estimate of drug-likeness (QED) is 0.342. The highest BCUT2D eigenvalue weighted by Gasteiger charge is 2.30. The first-order valence-electron chi connectivity index (χ1n) is 11.7. The Labute approximate surface area is 210 Å². The Morgan fingerprint density at radius 1 is 0.943 bits per heavy atom. The summed E-state index contributed by atoms with van der Waals surface area (Å²) in [5.41, 5.74) is 1.59. The second kappa shape index (κ2) is 10.8. The summed E-state index contributed by atoms with van der Waals surface area (Å²) in [7, 11) is 3.93. The number of amides is 1. The summed E-state index contributed by atoms with van der Waals surface area (Å²) in [5, 5.41) is 0.932. The second-order valence-electron chi connectivity index (χ2n) is 8.67. The molecule has 1 atom stereocenters. The first-order valence-corrected chi connectivity index (χ1v) is 12.1. The van der Waals surface area contributed by atoms with Gasteiger partial charge in [-0.25, -0.2) is 4.98 Å². The second-order valence-corrected chi connectivity index (χ2v) is 9.08. The number of nitrogens with zero attached hydrogens (tertiary/aromatic N) is 4. The van der Waals surface area contributed by atoms with Crippen LogP contribution >= 0.6 is 11.6 Å². The molecule has 0 aliphatic heterocycles. The van der Waals surface area contributed by atoms with E-state index in [-0.39, 0.29) is 11.5 Å². The highest BCUT2D eigenvalue weighted by atomic mass is 35.5. The highest BCUT2D eigenvalue weighted by molar-refractivity contribution is 6.33. The Hall–Kier alpha value is -3.48. The van der Waals surface area contributed by atoms with Crippen molar-refractivity contribution in [2.24, 2.45) is 0 Å². The molecule has 0 aliphatic carbocycles. The smallest absolute Gasteiger partial charge is 0.266 e. The zero-order valence-electron chi connectivity index (χ0n) is 20.2. The van der Waals surface area contributed by atoms with Gasteiger partial charge in [0.1, 0.15) is 5.82 Å². The Morgan fingerprint density at radius 3 is 2.29 bits per heavy atom. The summed E-state index contributed by atoms with van der Waals surface area (Å²) in [5.74, 6) is 0.341.